The summed E-state index contributed by atoms with van der Waals surface area (Å²) in [6.07, 6.45) is 2.02. The quantitative estimate of drug-likeness (QED) is 0.836. The summed E-state index contributed by atoms with van der Waals surface area (Å²) in [4.78, 5) is 11.9. The number of nitrogens with one attached hydrogen (secondary N) is 1. The lowest BCUT2D eigenvalue weighted by atomic mass is 9.85. The van der Waals surface area contributed by atoms with E-state index in [1.54, 1.807) is 6.92 Å². The van der Waals surface area contributed by atoms with Crippen LogP contribution in [0.1, 0.15) is 43.3 Å². The van der Waals surface area contributed by atoms with E-state index in [0.717, 1.165) is 0 Å². The lowest BCUT2D eigenvalue weighted by Crippen LogP contribution is -2.44. The third-order valence-electron chi connectivity index (χ3n) is 2.72. The molecule has 0 spiro atoms. The molecule has 0 bridgehead atoms. The molecule has 0 aliphatic heterocycles. The highest BCUT2D eigenvalue weighted by Gasteiger charge is 2.27. The summed E-state index contributed by atoms with van der Waals surface area (Å²) in [5, 5.41) is 15.5. The zero-order valence-electron chi connectivity index (χ0n) is 10.8. The second kappa shape index (κ2) is 5.31. The summed E-state index contributed by atoms with van der Waals surface area (Å²) in [5.74, 6) is -0.0504. The van der Waals surface area contributed by atoms with Gasteiger partial charge in [0.05, 0.1) is 6.20 Å². The topological polar surface area (TPSA) is 75.4 Å². The summed E-state index contributed by atoms with van der Waals surface area (Å²) in [7, 11) is 0. The van der Waals surface area contributed by atoms with Crippen molar-refractivity contribution in [1.29, 1.82) is 0 Å². The van der Waals surface area contributed by atoms with Gasteiger partial charge in [-0.05, 0) is 18.8 Å². The maximum atomic E-state index is 11.9. The lowest BCUT2D eigenvalue weighted by molar-refractivity contribution is 0.0847. The van der Waals surface area contributed by atoms with Gasteiger partial charge in [-0.2, -0.15) is 0 Å². The van der Waals surface area contributed by atoms with Gasteiger partial charge in [-0.3, -0.25) is 4.79 Å². The van der Waals surface area contributed by atoms with Crippen molar-refractivity contribution in [2.24, 2.45) is 5.41 Å². The van der Waals surface area contributed by atoms with E-state index < -0.39 is 0 Å². The molecule has 0 radical (unpaired) electrons. The van der Waals surface area contributed by atoms with Crippen LogP contribution in [0, 0.1) is 12.3 Å². The van der Waals surface area contributed by atoms with Crippen molar-refractivity contribution in [1.82, 2.24) is 10.5 Å². The Labute approximate surface area is 101 Å². The molecule has 1 atom stereocenters. The Bertz CT molecular complexity index is 379. The van der Waals surface area contributed by atoms with Crippen LogP contribution in [-0.2, 0) is 0 Å². The Morgan fingerprint density at radius 1 is 1.59 bits per heavy atom. The summed E-state index contributed by atoms with van der Waals surface area (Å²) < 4.78 is 4.89. The molecule has 0 fully saturated rings. The van der Waals surface area contributed by atoms with Gasteiger partial charge in [0, 0.05) is 18.2 Å². The molecule has 0 saturated carbocycles. The number of amides is 1. The minimum atomic E-state index is -0.284. The van der Waals surface area contributed by atoms with Gasteiger partial charge in [0.2, 0.25) is 5.76 Å². The van der Waals surface area contributed by atoms with Crippen LogP contribution in [0.15, 0.2) is 10.7 Å². The molecule has 1 heterocycles. The third kappa shape index (κ3) is 3.56. The van der Waals surface area contributed by atoms with Crippen LogP contribution in [0.25, 0.3) is 0 Å². The molecule has 0 aliphatic carbocycles. The van der Waals surface area contributed by atoms with Crippen LogP contribution < -0.4 is 5.32 Å². The van der Waals surface area contributed by atoms with Gasteiger partial charge in [0.25, 0.3) is 5.91 Å². The number of aromatic nitrogens is 1. The van der Waals surface area contributed by atoms with Crippen LogP contribution in [0.2, 0.25) is 0 Å². The molecular formula is C12H20N2O3. The molecule has 96 valence electrons. The molecule has 2 N–H and O–H groups in total. The molecule has 1 rings (SSSR count). The first-order valence-electron chi connectivity index (χ1n) is 5.69. The minimum Gasteiger partial charge on any atom is -0.396 e. The van der Waals surface area contributed by atoms with Crippen LogP contribution in [-0.4, -0.2) is 28.8 Å². The average molecular weight is 240 g/mol. The molecule has 0 saturated heterocycles. The molecule has 1 unspecified atom stereocenters. The molecule has 17 heavy (non-hydrogen) atoms. The van der Waals surface area contributed by atoms with Crippen LogP contribution >= 0.6 is 0 Å². The fourth-order valence-electron chi connectivity index (χ4n) is 1.58. The molecule has 0 aliphatic rings. The number of aliphatic hydroxyl groups is 1. The lowest BCUT2D eigenvalue weighted by Gasteiger charge is -2.30. The van der Waals surface area contributed by atoms with Gasteiger partial charge in [0.15, 0.2) is 0 Å². The van der Waals surface area contributed by atoms with Crippen molar-refractivity contribution in [3.63, 3.8) is 0 Å². The number of nitrogens with zero attached hydrogens (tertiary/aromatic N) is 1. The zero-order valence-corrected chi connectivity index (χ0v) is 10.8. The SMILES string of the molecule is Cc1cnoc1C(=O)NC(CCO)C(C)(C)C. The predicted molar refractivity (Wildman–Crippen MR) is 63.7 cm³/mol. The first kappa shape index (κ1) is 13.7. The van der Waals surface area contributed by atoms with Crippen molar-refractivity contribution in [2.75, 3.05) is 6.61 Å². The molecule has 5 nitrogen and oxygen atoms in total. The maximum Gasteiger partial charge on any atom is 0.290 e. The summed E-state index contributed by atoms with van der Waals surface area (Å²) in [6.45, 7) is 7.85. The standard InChI is InChI=1S/C12H20N2O3/c1-8-7-13-17-10(8)11(16)14-9(5-6-15)12(2,3)4/h7,9,15H,5-6H2,1-4H3,(H,14,16). The van der Waals surface area contributed by atoms with Crippen molar-refractivity contribution in [3.05, 3.63) is 17.5 Å². The van der Waals surface area contributed by atoms with E-state index in [1.165, 1.54) is 6.20 Å². The highest BCUT2D eigenvalue weighted by Crippen LogP contribution is 2.22. The Hall–Kier alpha value is -1.36. The maximum absolute atomic E-state index is 11.9. The second-order valence-corrected chi connectivity index (χ2v) is 5.24. The number of carbonyl (C=O) groups excluding carboxylic acids is 1. The van der Waals surface area contributed by atoms with E-state index in [2.05, 4.69) is 10.5 Å². The molecule has 1 aromatic heterocycles. The Morgan fingerprint density at radius 2 is 2.24 bits per heavy atom. The van der Waals surface area contributed by atoms with E-state index in [4.69, 9.17) is 9.63 Å². The first-order valence-corrected chi connectivity index (χ1v) is 5.69. The Morgan fingerprint density at radius 3 is 2.65 bits per heavy atom. The summed E-state index contributed by atoms with van der Waals surface area (Å²) in [5.41, 5.74) is 0.589. The number of aliphatic hydroxyl groups excluding tert-OH is 1. The van der Waals surface area contributed by atoms with Crippen LogP contribution in [0.4, 0.5) is 0 Å². The number of rotatable bonds is 4. The monoisotopic (exact) mass is 240 g/mol. The van der Waals surface area contributed by atoms with Gasteiger partial charge in [-0.15, -0.1) is 0 Å². The molecule has 5 heteroatoms. The first-order chi connectivity index (χ1) is 7.86. The van der Waals surface area contributed by atoms with Gasteiger partial charge < -0.3 is 14.9 Å². The van der Waals surface area contributed by atoms with Crippen LogP contribution in [0.5, 0.6) is 0 Å². The Kier molecular flexibility index (Phi) is 4.28. The van der Waals surface area contributed by atoms with E-state index in [9.17, 15) is 4.79 Å². The highest BCUT2D eigenvalue weighted by atomic mass is 16.5. The largest absolute Gasteiger partial charge is 0.396 e. The van der Waals surface area contributed by atoms with E-state index >= 15 is 0 Å². The molecule has 1 aromatic rings. The minimum absolute atomic E-state index is 0.0393. The third-order valence-corrected chi connectivity index (χ3v) is 2.72. The van der Waals surface area contributed by atoms with Crippen molar-refractivity contribution < 1.29 is 14.4 Å². The number of aryl methyl sites for hydroxylation is 1. The van der Waals surface area contributed by atoms with Gasteiger partial charge in [-0.25, -0.2) is 0 Å². The van der Waals surface area contributed by atoms with Crippen molar-refractivity contribution in [2.45, 2.75) is 40.2 Å². The van der Waals surface area contributed by atoms with E-state index in [0.29, 0.717) is 12.0 Å². The van der Waals surface area contributed by atoms with Gasteiger partial charge >= 0.3 is 0 Å². The predicted octanol–water partition coefficient (Wildman–Crippen LogP) is 1.51. The average Bonchev–Trinajstić information content (AvgIpc) is 2.62. The molecular weight excluding hydrogens is 220 g/mol. The van der Waals surface area contributed by atoms with Gasteiger partial charge in [0.1, 0.15) is 0 Å². The fraction of sp³-hybridized carbons (Fsp3) is 0.667. The van der Waals surface area contributed by atoms with E-state index in [1.807, 2.05) is 20.8 Å². The number of carbonyl (C=O) groups is 1. The normalized spacial score (nSPS) is 13.5. The smallest absolute Gasteiger partial charge is 0.290 e. The Balaban J connectivity index is 2.75. The summed E-state index contributed by atoms with van der Waals surface area (Å²) >= 11 is 0. The van der Waals surface area contributed by atoms with Gasteiger partial charge in [-0.1, -0.05) is 25.9 Å². The van der Waals surface area contributed by atoms with Crippen molar-refractivity contribution >= 4 is 5.91 Å². The highest BCUT2D eigenvalue weighted by molar-refractivity contribution is 5.92. The summed E-state index contributed by atoms with van der Waals surface area (Å²) in [6, 6.07) is -0.107. The zero-order chi connectivity index (χ0) is 13.1. The molecule has 1 amide bonds. The van der Waals surface area contributed by atoms with Crippen LogP contribution in [0.3, 0.4) is 0 Å². The number of hydrogen-bond donors (Lipinski definition) is 2. The molecule has 0 aromatic carbocycles. The second-order valence-electron chi connectivity index (χ2n) is 5.24. The number of hydrogen-bond acceptors (Lipinski definition) is 4. The fourth-order valence-corrected chi connectivity index (χ4v) is 1.58. The van der Waals surface area contributed by atoms with E-state index in [-0.39, 0.29) is 29.7 Å². The van der Waals surface area contributed by atoms with Crippen molar-refractivity contribution in [3.8, 4) is 0 Å².